The molecule has 0 amide bonds. The van der Waals surface area contributed by atoms with Crippen molar-refractivity contribution in [1.29, 1.82) is 0 Å². The lowest BCUT2D eigenvalue weighted by atomic mass is 9.95. The van der Waals surface area contributed by atoms with Gasteiger partial charge in [-0.05, 0) is 37.9 Å². The molecule has 0 fully saturated rings. The average Bonchev–Trinajstić information content (AvgIpc) is 2.88. The number of rotatable bonds is 8. The summed E-state index contributed by atoms with van der Waals surface area (Å²) < 4.78 is 2.04. The predicted octanol–water partition coefficient (Wildman–Crippen LogP) is 2.31. The second-order valence-electron chi connectivity index (χ2n) is 5.22. The molecular weight excluding hydrogens is 248 g/mol. The number of benzene rings is 1. The molecule has 0 aliphatic rings. The minimum absolute atomic E-state index is 0.544. The van der Waals surface area contributed by atoms with Crippen LogP contribution in [0.4, 0.5) is 0 Å². The van der Waals surface area contributed by atoms with E-state index in [0.29, 0.717) is 5.92 Å². The third-order valence-corrected chi connectivity index (χ3v) is 3.46. The quantitative estimate of drug-likeness (QED) is 0.802. The number of aromatic nitrogens is 3. The molecule has 0 radical (unpaired) electrons. The van der Waals surface area contributed by atoms with Crippen LogP contribution in [0, 0.1) is 5.92 Å². The van der Waals surface area contributed by atoms with E-state index in [-0.39, 0.29) is 0 Å². The van der Waals surface area contributed by atoms with Gasteiger partial charge in [-0.3, -0.25) is 4.68 Å². The zero-order chi connectivity index (χ0) is 14.2. The first-order chi connectivity index (χ1) is 9.83. The Morgan fingerprint density at radius 3 is 2.70 bits per heavy atom. The van der Waals surface area contributed by atoms with Crippen LogP contribution in [0.2, 0.25) is 0 Å². The maximum Gasteiger partial charge on any atom is 0.138 e. The third kappa shape index (κ3) is 4.17. The molecule has 4 nitrogen and oxygen atoms in total. The highest BCUT2D eigenvalue weighted by Gasteiger charge is 2.14. The SMILES string of the molecule is CCCn1ncnc1CC(CNC)Cc1ccccc1. The van der Waals surface area contributed by atoms with E-state index in [1.54, 1.807) is 6.33 Å². The average molecular weight is 272 g/mol. The van der Waals surface area contributed by atoms with Crippen LogP contribution in [-0.4, -0.2) is 28.4 Å². The van der Waals surface area contributed by atoms with Crippen LogP contribution < -0.4 is 5.32 Å². The summed E-state index contributed by atoms with van der Waals surface area (Å²) in [6, 6.07) is 10.7. The van der Waals surface area contributed by atoms with Crippen molar-refractivity contribution in [1.82, 2.24) is 20.1 Å². The lowest BCUT2D eigenvalue weighted by Gasteiger charge is -2.16. The fourth-order valence-electron chi connectivity index (χ4n) is 2.56. The Labute approximate surface area is 121 Å². The molecule has 2 aromatic rings. The number of nitrogens with zero attached hydrogens (tertiary/aromatic N) is 3. The minimum Gasteiger partial charge on any atom is -0.319 e. The van der Waals surface area contributed by atoms with Crippen LogP contribution in [0.3, 0.4) is 0 Å². The first-order valence-corrected chi connectivity index (χ1v) is 7.38. The van der Waals surface area contributed by atoms with Gasteiger partial charge in [-0.2, -0.15) is 5.10 Å². The second kappa shape index (κ2) is 7.80. The van der Waals surface area contributed by atoms with E-state index in [1.807, 2.05) is 11.7 Å². The normalized spacial score (nSPS) is 12.5. The molecule has 2 rings (SSSR count). The van der Waals surface area contributed by atoms with Crippen LogP contribution in [0.25, 0.3) is 0 Å². The Morgan fingerprint density at radius 1 is 1.20 bits per heavy atom. The van der Waals surface area contributed by atoms with Crippen molar-refractivity contribution in [3.63, 3.8) is 0 Å². The molecule has 0 saturated carbocycles. The zero-order valence-corrected chi connectivity index (χ0v) is 12.4. The van der Waals surface area contributed by atoms with E-state index in [1.165, 1.54) is 5.56 Å². The Bertz CT molecular complexity index is 492. The topological polar surface area (TPSA) is 42.7 Å². The van der Waals surface area contributed by atoms with Crippen molar-refractivity contribution < 1.29 is 0 Å². The van der Waals surface area contributed by atoms with E-state index in [4.69, 9.17) is 0 Å². The van der Waals surface area contributed by atoms with Gasteiger partial charge in [0.15, 0.2) is 0 Å². The van der Waals surface area contributed by atoms with Gasteiger partial charge in [0.2, 0.25) is 0 Å². The molecule has 1 aromatic carbocycles. The molecule has 1 atom stereocenters. The van der Waals surface area contributed by atoms with Gasteiger partial charge in [0.05, 0.1) is 0 Å². The Balaban J connectivity index is 2.03. The number of hydrogen-bond donors (Lipinski definition) is 1. The Morgan fingerprint density at radius 2 is 2.00 bits per heavy atom. The van der Waals surface area contributed by atoms with Gasteiger partial charge in [-0.1, -0.05) is 37.3 Å². The van der Waals surface area contributed by atoms with Crippen LogP contribution >= 0.6 is 0 Å². The first kappa shape index (κ1) is 14.7. The first-order valence-electron chi connectivity index (χ1n) is 7.38. The summed E-state index contributed by atoms with van der Waals surface area (Å²) in [6.07, 6.45) is 4.80. The van der Waals surface area contributed by atoms with Gasteiger partial charge < -0.3 is 5.32 Å². The largest absolute Gasteiger partial charge is 0.319 e. The highest BCUT2D eigenvalue weighted by Crippen LogP contribution is 2.13. The van der Waals surface area contributed by atoms with Crippen molar-refractivity contribution in [2.75, 3.05) is 13.6 Å². The van der Waals surface area contributed by atoms with Crippen LogP contribution in [0.1, 0.15) is 24.7 Å². The maximum atomic E-state index is 4.42. The molecule has 108 valence electrons. The van der Waals surface area contributed by atoms with Crippen molar-refractivity contribution in [2.45, 2.75) is 32.7 Å². The van der Waals surface area contributed by atoms with E-state index >= 15 is 0 Å². The predicted molar refractivity (Wildman–Crippen MR) is 81.6 cm³/mol. The van der Waals surface area contributed by atoms with Crippen molar-refractivity contribution in [3.05, 3.63) is 48.0 Å². The van der Waals surface area contributed by atoms with Gasteiger partial charge >= 0.3 is 0 Å². The summed E-state index contributed by atoms with van der Waals surface area (Å²) >= 11 is 0. The fraction of sp³-hybridized carbons (Fsp3) is 0.500. The smallest absolute Gasteiger partial charge is 0.138 e. The molecular formula is C16H24N4. The monoisotopic (exact) mass is 272 g/mol. The Hall–Kier alpha value is -1.68. The molecule has 20 heavy (non-hydrogen) atoms. The third-order valence-electron chi connectivity index (χ3n) is 3.46. The molecule has 1 N–H and O–H groups in total. The molecule has 1 aromatic heterocycles. The Kier molecular flexibility index (Phi) is 5.74. The molecule has 0 saturated heterocycles. The van der Waals surface area contributed by atoms with Gasteiger partial charge in [0, 0.05) is 13.0 Å². The van der Waals surface area contributed by atoms with E-state index in [2.05, 4.69) is 52.7 Å². The van der Waals surface area contributed by atoms with Gasteiger partial charge in [-0.15, -0.1) is 0 Å². The van der Waals surface area contributed by atoms with Gasteiger partial charge in [0.1, 0.15) is 12.2 Å². The summed E-state index contributed by atoms with van der Waals surface area (Å²) in [5.74, 6) is 1.64. The minimum atomic E-state index is 0.544. The highest BCUT2D eigenvalue weighted by molar-refractivity contribution is 5.15. The lowest BCUT2D eigenvalue weighted by molar-refractivity contribution is 0.458. The fourth-order valence-corrected chi connectivity index (χ4v) is 2.56. The molecule has 1 heterocycles. The lowest BCUT2D eigenvalue weighted by Crippen LogP contribution is -2.24. The standard InChI is InChI=1S/C16H24N4/c1-3-9-20-16(18-13-19-20)11-15(12-17-2)10-14-7-5-4-6-8-14/h4-8,13,15,17H,3,9-12H2,1-2H3. The summed E-state index contributed by atoms with van der Waals surface area (Å²) in [6.45, 7) is 4.11. The summed E-state index contributed by atoms with van der Waals surface area (Å²) in [5, 5.41) is 7.61. The molecule has 0 spiro atoms. The van der Waals surface area contributed by atoms with E-state index < -0.39 is 0 Å². The molecule has 0 bridgehead atoms. The van der Waals surface area contributed by atoms with Crippen LogP contribution in [0.15, 0.2) is 36.7 Å². The molecule has 4 heteroatoms. The van der Waals surface area contributed by atoms with Crippen molar-refractivity contribution in [3.8, 4) is 0 Å². The summed E-state index contributed by atoms with van der Waals surface area (Å²) in [7, 11) is 2.01. The zero-order valence-electron chi connectivity index (χ0n) is 12.4. The van der Waals surface area contributed by atoms with Crippen LogP contribution in [0.5, 0.6) is 0 Å². The summed E-state index contributed by atoms with van der Waals surface area (Å²) in [4.78, 5) is 4.42. The van der Waals surface area contributed by atoms with E-state index in [9.17, 15) is 0 Å². The van der Waals surface area contributed by atoms with Crippen molar-refractivity contribution in [2.24, 2.45) is 5.92 Å². The van der Waals surface area contributed by atoms with Gasteiger partial charge in [0.25, 0.3) is 0 Å². The second-order valence-corrected chi connectivity index (χ2v) is 5.22. The molecule has 0 aliphatic heterocycles. The van der Waals surface area contributed by atoms with E-state index in [0.717, 1.165) is 38.2 Å². The molecule has 0 aliphatic carbocycles. The van der Waals surface area contributed by atoms with Crippen molar-refractivity contribution >= 4 is 0 Å². The number of nitrogens with one attached hydrogen (secondary N) is 1. The van der Waals surface area contributed by atoms with Crippen LogP contribution in [-0.2, 0) is 19.4 Å². The molecule has 1 unspecified atom stereocenters. The maximum absolute atomic E-state index is 4.42. The highest BCUT2D eigenvalue weighted by atomic mass is 15.3. The number of hydrogen-bond acceptors (Lipinski definition) is 3. The summed E-state index contributed by atoms with van der Waals surface area (Å²) in [5.41, 5.74) is 1.38. The van der Waals surface area contributed by atoms with Gasteiger partial charge in [-0.25, -0.2) is 4.98 Å². The number of aryl methyl sites for hydroxylation is 1.